The van der Waals surface area contributed by atoms with Gasteiger partial charge in [0.15, 0.2) is 5.16 Å². The molecule has 0 radical (unpaired) electrons. The number of rotatable bonds is 10. The lowest BCUT2D eigenvalue weighted by Gasteiger charge is -2.18. The van der Waals surface area contributed by atoms with Crippen LogP contribution in [0.15, 0.2) is 11.2 Å². The van der Waals surface area contributed by atoms with Crippen LogP contribution in [0.4, 0.5) is 11.6 Å². The Hall–Kier alpha value is -1.01. The van der Waals surface area contributed by atoms with Crippen LogP contribution in [0.3, 0.4) is 0 Å². The number of aromatic nitrogens is 2. The summed E-state index contributed by atoms with van der Waals surface area (Å²) < 4.78 is 0. The van der Waals surface area contributed by atoms with E-state index in [1.54, 1.807) is 11.8 Å². The highest BCUT2D eigenvalue weighted by Crippen LogP contribution is 2.17. The van der Waals surface area contributed by atoms with Crippen LogP contribution < -0.4 is 10.6 Å². The highest BCUT2D eigenvalue weighted by atomic mass is 32.2. The van der Waals surface area contributed by atoms with E-state index in [1.165, 1.54) is 0 Å². The number of anilines is 2. The Morgan fingerprint density at radius 3 is 2.30 bits per heavy atom. The van der Waals surface area contributed by atoms with E-state index >= 15 is 0 Å². The zero-order chi connectivity index (χ0) is 14.8. The van der Waals surface area contributed by atoms with Crippen LogP contribution in [0.1, 0.15) is 27.2 Å². The predicted octanol–water partition coefficient (Wildman–Crippen LogP) is 2.77. The van der Waals surface area contributed by atoms with Gasteiger partial charge in [-0.3, -0.25) is 0 Å². The van der Waals surface area contributed by atoms with E-state index < -0.39 is 0 Å². The van der Waals surface area contributed by atoms with Crippen molar-refractivity contribution in [1.29, 1.82) is 0 Å². The minimum absolute atomic E-state index is 0.801. The quantitative estimate of drug-likeness (QED) is 0.393. The molecule has 0 saturated carbocycles. The van der Waals surface area contributed by atoms with Crippen LogP contribution in [0, 0.1) is 0 Å². The lowest BCUT2D eigenvalue weighted by molar-refractivity contribution is 0.303. The third kappa shape index (κ3) is 5.96. The topological polar surface area (TPSA) is 53.1 Å². The number of nitrogens with zero attached hydrogens (tertiary/aromatic N) is 3. The smallest absolute Gasteiger partial charge is 0.191 e. The maximum atomic E-state index is 4.48. The highest BCUT2D eigenvalue weighted by molar-refractivity contribution is 7.98. The van der Waals surface area contributed by atoms with Crippen molar-refractivity contribution < 1.29 is 0 Å². The average Bonchev–Trinajstić information content (AvgIpc) is 2.47. The van der Waals surface area contributed by atoms with Crippen molar-refractivity contribution >= 4 is 23.4 Å². The SMILES string of the molecule is CCNc1cc(NCCCN(CC)CC)nc(SC)n1. The van der Waals surface area contributed by atoms with E-state index in [9.17, 15) is 0 Å². The molecule has 1 aromatic rings. The number of nitrogens with one attached hydrogen (secondary N) is 2. The third-order valence-corrected chi connectivity index (χ3v) is 3.65. The van der Waals surface area contributed by atoms with Crippen LogP contribution in [-0.2, 0) is 0 Å². The fraction of sp³-hybridized carbons (Fsp3) is 0.714. The molecule has 2 N–H and O–H groups in total. The summed E-state index contributed by atoms with van der Waals surface area (Å²) in [6.45, 7) is 11.6. The minimum Gasteiger partial charge on any atom is -0.370 e. The zero-order valence-electron chi connectivity index (χ0n) is 13.1. The van der Waals surface area contributed by atoms with E-state index in [0.717, 1.165) is 55.9 Å². The largest absolute Gasteiger partial charge is 0.370 e. The van der Waals surface area contributed by atoms with E-state index in [4.69, 9.17) is 0 Å². The Balaban J connectivity index is 2.48. The van der Waals surface area contributed by atoms with Crippen LogP contribution in [-0.4, -0.2) is 53.8 Å². The Morgan fingerprint density at radius 1 is 1.10 bits per heavy atom. The Bertz CT molecular complexity index is 382. The van der Waals surface area contributed by atoms with Crippen molar-refractivity contribution in [2.45, 2.75) is 32.3 Å². The van der Waals surface area contributed by atoms with Gasteiger partial charge in [-0.15, -0.1) is 0 Å². The molecule has 0 atom stereocenters. The van der Waals surface area contributed by atoms with Gasteiger partial charge in [-0.2, -0.15) is 0 Å². The van der Waals surface area contributed by atoms with Gasteiger partial charge in [-0.25, -0.2) is 9.97 Å². The second kappa shape index (κ2) is 9.83. The third-order valence-electron chi connectivity index (χ3n) is 3.10. The molecule has 0 amide bonds. The maximum absolute atomic E-state index is 4.48. The number of thioether (sulfide) groups is 1. The fourth-order valence-electron chi connectivity index (χ4n) is 1.94. The van der Waals surface area contributed by atoms with E-state index in [0.29, 0.717) is 0 Å². The molecule has 1 aromatic heterocycles. The molecule has 0 saturated heterocycles. The molecule has 0 aliphatic carbocycles. The molecule has 0 fully saturated rings. The predicted molar refractivity (Wildman–Crippen MR) is 88.9 cm³/mol. The van der Waals surface area contributed by atoms with Gasteiger partial charge in [0.25, 0.3) is 0 Å². The monoisotopic (exact) mass is 297 g/mol. The summed E-state index contributed by atoms with van der Waals surface area (Å²) in [7, 11) is 0. The molecule has 114 valence electrons. The van der Waals surface area contributed by atoms with E-state index in [1.807, 2.05) is 12.3 Å². The van der Waals surface area contributed by atoms with Gasteiger partial charge in [0.1, 0.15) is 11.6 Å². The van der Waals surface area contributed by atoms with Crippen molar-refractivity contribution in [1.82, 2.24) is 14.9 Å². The zero-order valence-corrected chi connectivity index (χ0v) is 13.9. The standard InChI is InChI=1S/C14H27N5S/c1-5-15-12-11-13(18-14(17-12)20-4)16-9-8-10-19(6-2)7-3/h11H,5-10H2,1-4H3,(H2,15,16,17,18). The summed E-state index contributed by atoms with van der Waals surface area (Å²) >= 11 is 1.56. The molecule has 0 aliphatic heterocycles. The molecule has 20 heavy (non-hydrogen) atoms. The summed E-state index contributed by atoms with van der Waals surface area (Å²) in [5.41, 5.74) is 0. The average molecular weight is 297 g/mol. The van der Waals surface area contributed by atoms with Crippen molar-refractivity contribution in [2.75, 3.05) is 49.6 Å². The molecule has 0 aromatic carbocycles. The molecule has 5 nitrogen and oxygen atoms in total. The molecule has 0 spiro atoms. The molecule has 1 heterocycles. The van der Waals surface area contributed by atoms with Crippen molar-refractivity contribution in [2.24, 2.45) is 0 Å². The number of hydrogen-bond acceptors (Lipinski definition) is 6. The molecule has 1 rings (SSSR count). The molecule has 0 unspecified atom stereocenters. The molecule has 0 bridgehead atoms. The first-order valence-electron chi connectivity index (χ1n) is 7.36. The van der Waals surface area contributed by atoms with E-state index in [-0.39, 0.29) is 0 Å². The molecular weight excluding hydrogens is 270 g/mol. The Kier molecular flexibility index (Phi) is 8.37. The summed E-state index contributed by atoms with van der Waals surface area (Å²) in [5.74, 6) is 1.79. The first-order chi connectivity index (χ1) is 9.73. The van der Waals surface area contributed by atoms with Gasteiger partial charge in [0.05, 0.1) is 0 Å². The van der Waals surface area contributed by atoms with Crippen molar-refractivity contribution in [3.05, 3.63) is 6.07 Å². The van der Waals surface area contributed by atoms with Crippen LogP contribution >= 0.6 is 11.8 Å². The van der Waals surface area contributed by atoms with Gasteiger partial charge < -0.3 is 15.5 Å². The maximum Gasteiger partial charge on any atom is 0.191 e. The number of hydrogen-bond donors (Lipinski definition) is 2. The summed E-state index contributed by atoms with van der Waals surface area (Å²) in [6.07, 6.45) is 3.12. The van der Waals surface area contributed by atoms with Gasteiger partial charge >= 0.3 is 0 Å². The van der Waals surface area contributed by atoms with Gasteiger partial charge in [-0.05, 0) is 39.2 Å². The summed E-state index contributed by atoms with van der Waals surface area (Å²) in [5, 5.41) is 7.43. The Labute approximate surface area is 127 Å². The minimum atomic E-state index is 0.801. The van der Waals surface area contributed by atoms with Crippen molar-refractivity contribution in [3.63, 3.8) is 0 Å². The van der Waals surface area contributed by atoms with Crippen molar-refractivity contribution in [3.8, 4) is 0 Å². The molecule has 6 heteroatoms. The van der Waals surface area contributed by atoms with Gasteiger partial charge in [0.2, 0.25) is 0 Å². The fourth-order valence-corrected chi connectivity index (χ4v) is 2.32. The second-order valence-corrected chi connectivity index (χ2v) is 5.24. The summed E-state index contributed by atoms with van der Waals surface area (Å²) in [6, 6.07) is 1.97. The lowest BCUT2D eigenvalue weighted by atomic mass is 10.3. The van der Waals surface area contributed by atoms with E-state index in [2.05, 4.69) is 46.3 Å². The highest BCUT2D eigenvalue weighted by Gasteiger charge is 2.03. The first-order valence-corrected chi connectivity index (χ1v) is 8.59. The summed E-state index contributed by atoms with van der Waals surface area (Å²) in [4.78, 5) is 11.3. The normalized spacial score (nSPS) is 10.8. The van der Waals surface area contributed by atoms with Crippen LogP contribution in [0.2, 0.25) is 0 Å². The van der Waals surface area contributed by atoms with Crippen LogP contribution in [0.25, 0.3) is 0 Å². The second-order valence-electron chi connectivity index (χ2n) is 4.46. The lowest BCUT2D eigenvalue weighted by Crippen LogP contribution is -2.25. The Morgan fingerprint density at radius 2 is 1.75 bits per heavy atom. The molecular formula is C14H27N5S. The van der Waals surface area contributed by atoms with Gasteiger partial charge in [0, 0.05) is 19.2 Å². The first kappa shape index (κ1) is 17.0. The molecule has 0 aliphatic rings. The van der Waals surface area contributed by atoms with Gasteiger partial charge in [-0.1, -0.05) is 25.6 Å². The van der Waals surface area contributed by atoms with Crippen LogP contribution in [0.5, 0.6) is 0 Å².